The van der Waals surface area contributed by atoms with Crippen molar-refractivity contribution in [2.45, 2.75) is 31.7 Å². The molecular formula is C20H19FN4O4. The van der Waals surface area contributed by atoms with Gasteiger partial charge in [-0.3, -0.25) is 14.6 Å². The Hall–Kier alpha value is -3.49. The van der Waals surface area contributed by atoms with Gasteiger partial charge in [0.25, 0.3) is 11.5 Å². The highest BCUT2D eigenvalue weighted by atomic mass is 19.1. The molecule has 1 aromatic carbocycles. The molecule has 1 saturated heterocycles. The highest BCUT2D eigenvalue weighted by Crippen LogP contribution is 2.31. The molecule has 0 bridgehead atoms. The molecule has 1 fully saturated rings. The number of hydrogen-bond donors (Lipinski definition) is 2. The van der Waals surface area contributed by atoms with Crippen LogP contribution in [-0.2, 0) is 6.42 Å². The van der Waals surface area contributed by atoms with Crippen LogP contribution in [0, 0.1) is 5.82 Å². The van der Waals surface area contributed by atoms with Gasteiger partial charge in [-0.2, -0.15) is 0 Å². The first kappa shape index (κ1) is 18.9. The van der Waals surface area contributed by atoms with Crippen LogP contribution in [0.25, 0.3) is 0 Å². The highest BCUT2D eigenvalue weighted by Gasteiger charge is 2.32. The fourth-order valence-electron chi connectivity index (χ4n) is 3.58. The molecular weight excluding hydrogens is 379 g/mol. The maximum absolute atomic E-state index is 13.4. The lowest BCUT2D eigenvalue weighted by atomic mass is 10.0. The van der Waals surface area contributed by atoms with Gasteiger partial charge in [-0.25, -0.2) is 14.2 Å². The normalized spacial score (nSPS) is 16.7. The first-order chi connectivity index (χ1) is 14.0. The maximum Gasteiger partial charge on any atom is 0.326 e. The molecule has 150 valence electrons. The van der Waals surface area contributed by atoms with E-state index in [0.29, 0.717) is 31.0 Å². The minimum absolute atomic E-state index is 0.0720. The Labute approximate surface area is 164 Å². The molecule has 0 spiro atoms. The summed E-state index contributed by atoms with van der Waals surface area (Å²) in [4.78, 5) is 46.3. The van der Waals surface area contributed by atoms with Crippen molar-refractivity contribution in [3.05, 3.63) is 86.1 Å². The summed E-state index contributed by atoms with van der Waals surface area (Å²) in [5.41, 5.74) is -0.690. The maximum atomic E-state index is 13.4. The SMILES string of the molecule is O=C(c1cc(=O)[nH]c(=O)[nH]1)N1CCCCC1c1ncc(Cc2cccc(F)c2)o1. The third-order valence-corrected chi connectivity index (χ3v) is 4.88. The highest BCUT2D eigenvalue weighted by molar-refractivity contribution is 5.92. The number of likely N-dealkylation sites (tertiary alicyclic amines) is 1. The van der Waals surface area contributed by atoms with Crippen molar-refractivity contribution in [3.63, 3.8) is 0 Å². The predicted octanol–water partition coefficient (Wildman–Crippen LogP) is 2.15. The predicted molar refractivity (Wildman–Crippen MR) is 101 cm³/mol. The van der Waals surface area contributed by atoms with E-state index >= 15 is 0 Å². The van der Waals surface area contributed by atoms with E-state index in [9.17, 15) is 18.8 Å². The van der Waals surface area contributed by atoms with Gasteiger partial charge in [0, 0.05) is 19.0 Å². The number of H-pyrrole nitrogens is 2. The van der Waals surface area contributed by atoms with Crippen molar-refractivity contribution in [2.24, 2.45) is 0 Å². The van der Waals surface area contributed by atoms with Gasteiger partial charge in [-0.1, -0.05) is 12.1 Å². The largest absolute Gasteiger partial charge is 0.443 e. The molecule has 0 aliphatic carbocycles. The van der Waals surface area contributed by atoms with Crippen molar-refractivity contribution >= 4 is 5.91 Å². The number of carbonyl (C=O) groups excluding carboxylic acids is 1. The van der Waals surface area contributed by atoms with E-state index in [-0.39, 0.29) is 11.5 Å². The van der Waals surface area contributed by atoms with Gasteiger partial charge in [0.1, 0.15) is 23.3 Å². The smallest absolute Gasteiger partial charge is 0.326 e. The molecule has 1 aliphatic rings. The number of aromatic nitrogens is 3. The average Bonchev–Trinajstić information content (AvgIpc) is 3.15. The third kappa shape index (κ3) is 4.18. The molecule has 3 aromatic rings. The van der Waals surface area contributed by atoms with Crippen LogP contribution in [-0.4, -0.2) is 32.3 Å². The lowest BCUT2D eigenvalue weighted by Gasteiger charge is -2.33. The summed E-state index contributed by atoms with van der Waals surface area (Å²) < 4.78 is 19.2. The first-order valence-corrected chi connectivity index (χ1v) is 9.33. The lowest BCUT2D eigenvalue weighted by Crippen LogP contribution is -2.40. The molecule has 4 rings (SSSR count). The lowest BCUT2D eigenvalue weighted by molar-refractivity contribution is 0.0563. The molecule has 1 atom stereocenters. The Morgan fingerprint density at radius 1 is 1.24 bits per heavy atom. The zero-order valence-corrected chi connectivity index (χ0v) is 15.5. The number of benzene rings is 1. The van der Waals surface area contributed by atoms with Gasteiger partial charge in [0.05, 0.1) is 6.20 Å². The summed E-state index contributed by atoms with van der Waals surface area (Å²) in [7, 11) is 0. The summed E-state index contributed by atoms with van der Waals surface area (Å²) in [6.45, 7) is 0.458. The van der Waals surface area contributed by atoms with Crippen LogP contribution < -0.4 is 11.2 Å². The van der Waals surface area contributed by atoms with Crippen molar-refractivity contribution in [1.82, 2.24) is 19.9 Å². The van der Waals surface area contributed by atoms with Crippen LogP contribution in [0.15, 0.2) is 50.5 Å². The summed E-state index contributed by atoms with van der Waals surface area (Å²) in [6.07, 6.45) is 4.30. The Morgan fingerprint density at radius 2 is 2.10 bits per heavy atom. The second kappa shape index (κ2) is 7.86. The number of halogens is 1. The van der Waals surface area contributed by atoms with E-state index in [1.54, 1.807) is 23.2 Å². The van der Waals surface area contributed by atoms with E-state index in [1.165, 1.54) is 12.1 Å². The van der Waals surface area contributed by atoms with Crippen molar-refractivity contribution in [3.8, 4) is 0 Å². The van der Waals surface area contributed by atoms with Crippen molar-refractivity contribution < 1.29 is 13.6 Å². The molecule has 29 heavy (non-hydrogen) atoms. The third-order valence-electron chi connectivity index (χ3n) is 4.88. The van der Waals surface area contributed by atoms with Gasteiger partial charge in [0.2, 0.25) is 5.89 Å². The molecule has 1 unspecified atom stereocenters. The van der Waals surface area contributed by atoms with Crippen LogP contribution in [0.5, 0.6) is 0 Å². The summed E-state index contributed by atoms with van der Waals surface area (Å²) >= 11 is 0. The summed E-state index contributed by atoms with van der Waals surface area (Å²) in [5.74, 6) is 0.172. The molecule has 1 amide bonds. The van der Waals surface area contributed by atoms with Gasteiger partial charge in [0.15, 0.2) is 0 Å². The molecule has 9 heteroatoms. The standard InChI is InChI=1S/C20H19FN4O4/c21-13-5-3-4-12(8-13)9-14-11-22-18(29-14)16-6-1-2-7-25(16)19(27)15-10-17(26)24-20(28)23-15/h3-5,8,10-11,16H,1-2,6-7,9H2,(H2,23,24,26,28). The number of nitrogens with zero attached hydrogens (tertiary/aromatic N) is 2. The second-order valence-corrected chi connectivity index (χ2v) is 6.98. The fourth-order valence-corrected chi connectivity index (χ4v) is 3.58. The number of hydrogen-bond acceptors (Lipinski definition) is 5. The molecule has 3 heterocycles. The molecule has 8 nitrogen and oxygen atoms in total. The fraction of sp³-hybridized carbons (Fsp3) is 0.300. The van der Waals surface area contributed by atoms with Crippen LogP contribution in [0.3, 0.4) is 0 Å². The number of rotatable bonds is 4. The van der Waals surface area contributed by atoms with E-state index in [1.807, 2.05) is 4.98 Å². The zero-order chi connectivity index (χ0) is 20.4. The second-order valence-electron chi connectivity index (χ2n) is 6.98. The Morgan fingerprint density at radius 3 is 2.90 bits per heavy atom. The monoisotopic (exact) mass is 398 g/mol. The van der Waals surface area contributed by atoms with Gasteiger partial charge in [-0.05, 0) is 37.0 Å². The van der Waals surface area contributed by atoms with Crippen LogP contribution in [0.1, 0.15) is 53.0 Å². The molecule has 1 aliphatic heterocycles. The Balaban J connectivity index is 1.58. The van der Waals surface area contributed by atoms with Crippen LogP contribution in [0.4, 0.5) is 4.39 Å². The topological polar surface area (TPSA) is 112 Å². The number of carbonyl (C=O) groups is 1. The number of nitrogens with one attached hydrogen (secondary N) is 2. The molecule has 0 saturated carbocycles. The first-order valence-electron chi connectivity index (χ1n) is 9.33. The van der Waals surface area contributed by atoms with Crippen LogP contribution in [0.2, 0.25) is 0 Å². The van der Waals surface area contributed by atoms with E-state index in [2.05, 4.69) is 9.97 Å². The zero-order valence-electron chi connectivity index (χ0n) is 15.5. The Kier molecular flexibility index (Phi) is 5.11. The number of oxazole rings is 1. The quantitative estimate of drug-likeness (QED) is 0.699. The van der Waals surface area contributed by atoms with Gasteiger partial charge >= 0.3 is 5.69 Å². The molecule has 2 aromatic heterocycles. The van der Waals surface area contributed by atoms with Crippen molar-refractivity contribution in [2.75, 3.05) is 6.54 Å². The minimum Gasteiger partial charge on any atom is -0.443 e. The van der Waals surface area contributed by atoms with Crippen molar-refractivity contribution in [1.29, 1.82) is 0 Å². The number of amides is 1. The van der Waals surface area contributed by atoms with E-state index in [4.69, 9.17) is 4.42 Å². The van der Waals surface area contributed by atoms with Gasteiger partial charge < -0.3 is 14.3 Å². The molecule has 2 N–H and O–H groups in total. The minimum atomic E-state index is -0.733. The van der Waals surface area contributed by atoms with Crippen LogP contribution >= 0.6 is 0 Å². The number of piperidine rings is 1. The summed E-state index contributed by atoms with van der Waals surface area (Å²) in [6, 6.07) is 6.90. The molecule has 0 radical (unpaired) electrons. The van der Waals surface area contributed by atoms with E-state index in [0.717, 1.165) is 24.5 Å². The Bertz CT molecular complexity index is 1120. The summed E-state index contributed by atoms with van der Waals surface area (Å²) in [5, 5.41) is 0. The average molecular weight is 398 g/mol. The number of aromatic amines is 2. The van der Waals surface area contributed by atoms with E-state index < -0.39 is 23.2 Å². The van der Waals surface area contributed by atoms with Gasteiger partial charge in [-0.15, -0.1) is 0 Å².